The van der Waals surface area contributed by atoms with E-state index >= 15 is 0 Å². The van der Waals surface area contributed by atoms with Crippen molar-refractivity contribution in [3.63, 3.8) is 0 Å². The first-order chi connectivity index (χ1) is 7.79. The molecule has 1 amide bonds. The van der Waals surface area contributed by atoms with Gasteiger partial charge in [-0.3, -0.25) is 4.79 Å². The maximum absolute atomic E-state index is 11.4. The summed E-state index contributed by atoms with van der Waals surface area (Å²) in [6.45, 7) is 1.58. The van der Waals surface area contributed by atoms with Crippen LogP contribution in [0.15, 0.2) is 0 Å². The minimum Gasteiger partial charge on any atom is -0.396 e. The van der Waals surface area contributed by atoms with Crippen molar-refractivity contribution in [2.75, 3.05) is 19.7 Å². The van der Waals surface area contributed by atoms with Crippen LogP contribution in [-0.4, -0.2) is 36.8 Å². The van der Waals surface area contributed by atoms with Crippen molar-refractivity contribution in [2.45, 2.75) is 38.1 Å². The Hall–Kier alpha value is -0.610. The molecule has 2 atom stereocenters. The summed E-state index contributed by atoms with van der Waals surface area (Å²) in [7, 11) is 0. The molecule has 0 aromatic rings. The van der Waals surface area contributed by atoms with Gasteiger partial charge in [-0.2, -0.15) is 0 Å². The molecule has 0 spiro atoms. The first kappa shape index (κ1) is 11.9. The summed E-state index contributed by atoms with van der Waals surface area (Å²) >= 11 is 0. The fraction of sp³-hybridized carbons (Fsp3) is 0.917. The Balaban J connectivity index is 1.57. The molecule has 0 bridgehead atoms. The van der Waals surface area contributed by atoms with Gasteiger partial charge in [0, 0.05) is 12.6 Å². The number of hydrogen-bond acceptors (Lipinski definition) is 3. The lowest BCUT2D eigenvalue weighted by Crippen LogP contribution is -2.37. The monoisotopic (exact) mass is 226 g/mol. The number of amides is 1. The number of carbonyl (C=O) groups excluding carboxylic acids is 1. The molecule has 2 aliphatic carbocycles. The van der Waals surface area contributed by atoms with E-state index in [1.807, 2.05) is 0 Å². The van der Waals surface area contributed by atoms with Crippen molar-refractivity contribution in [1.82, 2.24) is 10.6 Å². The van der Waals surface area contributed by atoms with Crippen LogP contribution < -0.4 is 10.6 Å². The third-order valence-corrected chi connectivity index (χ3v) is 3.69. The molecular weight excluding hydrogens is 204 g/mol. The molecule has 0 aromatic carbocycles. The smallest absolute Gasteiger partial charge is 0.234 e. The Morgan fingerprint density at radius 3 is 2.62 bits per heavy atom. The summed E-state index contributed by atoms with van der Waals surface area (Å²) < 4.78 is 0. The molecule has 0 radical (unpaired) electrons. The van der Waals surface area contributed by atoms with Gasteiger partial charge in [-0.1, -0.05) is 6.42 Å². The van der Waals surface area contributed by atoms with E-state index in [2.05, 4.69) is 10.6 Å². The lowest BCUT2D eigenvalue weighted by Gasteiger charge is -2.17. The average molecular weight is 226 g/mol. The van der Waals surface area contributed by atoms with Crippen LogP contribution in [0.25, 0.3) is 0 Å². The average Bonchev–Trinajstić information content (AvgIpc) is 2.96. The fourth-order valence-electron chi connectivity index (χ4n) is 2.50. The third-order valence-electron chi connectivity index (χ3n) is 3.69. The molecule has 2 rings (SSSR count). The Bertz CT molecular complexity index is 241. The predicted octanol–water partition coefficient (Wildman–Crippen LogP) is 0.263. The number of rotatable bonds is 6. The molecule has 3 N–H and O–H groups in total. The standard InChI is InChI=1S/C12H22N2O2/c15-8-10-3-1-2-9(10)6-13-7-12(16)14-11-4-5-11/h9-11,13,15H,1-8H2,(H,14,16). The molecule has 2 unspecified atom stereocenters. The van der Waals surface area contributed by atoms with E-state index in [4.69, 9.17) is 5.11 Å². The van der Waals surface area contributed by atoms with Gasteiger partial charge in [0.1, 0.15) is 0 Å². The minimum atomic E-state index is 0.112. The van der Waals surface area contributed by atoms with Gasteiger partial charge in [0.2, 0.25) is 5.91 Å². The van der Waals surface area contributed by atoms with Crippen LogP contribution in [0.5, 0.6) is 0 Å². The highest BCUT2D eigenvalue weighted by Gasteiger charge is 2.26. The molecular formula is C12H22N2O2. The summed E-state index contributed by atoms with van der Waals surface area (Å²) in [5, 5.41) is 15.3. The summed E-state index contributed by atoms with van der Waals surface area (Å²) in [5.74, 6) is 1.11. The summed E-state index contributed by atoms with van der Waals surface area (Å²) in [4.78, 5) is 11.4. The van der Waals surface area contributed by atoms with E-state index in [0.29, 0.717) is 31.0 Å². The van der Waals surface area contributed by atoms with E-state index in [1.165, 1.54) is 12.8 Å². The molecule has 2 aliphatic rings. The molecule has 0 heterocycles. The third kappa shape index (κ3) is 3.46. The van der Waals surface area contributed by atoms with Crippen molar-refractivity contribution < 1.29 is 9.90 Å². The van der Waals surface area contributed by atoms with Crippen LogP contribution >= 0.6 is 0 Å². The lowest BCUT2D eigenvalue weighted by molar-refractivity contribution is -0.120. The van der Waals surface area contributed by atoms with Crippen molar-refractivity contribution >= 4 is 5.91 Å². The zero-order valence-corrected chi connectivity index (χ0v) is 9.74. The second-order valence-electron chi connectivity index (χ2n) is 5.11. The quantitative estimate of drug-likeness (QED) is 0.609. The number of hydrogen-bond donors (Lipinski definition) is 3. The summed E-state index contributed by atoms with van der Waals surface area (Å²) in [6, 6.07) is 0.450. The molecule has 16 heavy (non-hydrogen) atoms. The first-order valence-electron chi connectivity index (χ1n) is 6.40. The fourth-order valence-corrected chi connectivity index (χ4v) is 2.50. The Morgan fingerprint density at radius 1 is 1.19 bits per heavy atom. The molecule has 0 aromatic heterocycles. The molecule has 92 valence electrons. The van der Waals surface area contributed by atoms with Gasteiger partial charge in [-0.05, 0) is 44.1 Å². The molecule has 4 heteroatoms. The highest BCUT2D eigenvalue weighted by molar-refractivity contribution is 5.78. The van der Waals surface area contributed by atoms with E-state index < -0.39 is 0 Å². The van der Waals surface area contributed by atoms with E-state index in [0.717, 1.165) is 25.8 Å². The van der Waals surface area contributed by atoms with Crippen molar-refractivity contribution in [1.29, 1.82) is 0 Å². The normalized spacial score (nSPS) is 29.3. The van der Waals surface area contributed by atoms with Gasteiger partial charge < -0.3 is 15.7 Å². The van der Waals surface area contributed by atoms with Crippen molar-refractivity contribution in [3.05, 3.63) is 0 Å². The topological polar surface area (TPSA) is 61.4 Å². The van der Waals surface area contributed by atoms with E-state index in [-0.39, 0.29) is 5.91 Å². The van der Waals surface area contributed by atoms with Crippen LogP contribution in [0.1, 0.15) is 32.1 Å². The summed E-state index contributed by atoms with van der Waals surface area (Å²) in [5.41, 5.74) is 0. The molecule has 2 fully saturated rings. The van der Waals surface area contributed by atoms with E-state index in [1.54, 1.807) is 0 Å². The summed E-state index contributed by atoms with van der Waals surface area (Å²) in [6.07, 6.45) is 5.81. The largest absolute Gasteiger partial charge is 0.396 e. The molecule has 4 nitrogen and oxygen atoms in total. The van der Waals surface area contributed by atoms with Crippen LogP contribution in [-0.2, 0) is 4.79 Å². The first-order valence-corrected chi connectivity index (χ1v) is 6.40. The predicted molar refractivity (Wildman–Crippen MR) is 62.0 cm³/mol. The van der Waals surface area contributed by atoms with Gasteiger partial charge in [0.15, 0.2) is 0 Å². The van der Waals surface area contributed by atoms with Crippen molar-refractivity contribution in [2.24, 2.45) is 11.8 Å². The molecule has 0 aliphatic heterocycles. The Kier molecular flexibility index (Phi) is 4.18. The highest BCUT2D eigenvalue weighted by Crippen LogP contribution is 2.30. The second kappa shape index (κ2) is 5.64. The molecule has 0 saturated heterocycles. The zero-order valence-electron chi connectivity index (χ0n) is 9.74. The lowest BCUT2D eigenvalue weighted by atomic mass is 9.97. The highest BCUT2D eigenvalue weighted by atomic mass is 16.3. The molecule has 2 saturated carbocycles. The van der Waals surface area contributed by atoms with Crippen LogP contribution in [0.4, 0.5) is 0 Å². The Labute approximate surface area is 96.8 Å². The zero-order chi connectivity index (χ0) is 11.4. The number of carbonyl (C=O) groups is 1. The minimum absolute atomic E-state index is 0.112. The van der Waals surface area contributed by atoms with Crippen LogP contribution in [0.3, 0.4) is 0 Å². The van der Waals surface area contributed by atoms with E-state index in [9.17, 15) is 4.79 Å². The number of aliphatic hydroxyl groups excluding tert-OH is 1. The second-order valence-corrected chi connectivity index (χ2v) is 5.11. The van der Waals surface area contributed by atoms with Gasteiger partial charge in [-0.25, -0.2) is 0 Å². The maximum atomic E-state index is 11.4. The van der Waals surface area contributed by atoms with Gasteiger partial charge in [0.05, 0.1) is 6.54 Å². The number of nitrogens with one attached hydrogen (secondary N) is 2. The van der Waals surface area contributed by atoms with Gasteiger partial charge in [-0.15, -0.1) is 0 Å². The van der Waals surface area contributed by atoms with Gasteiger partial charge in [0.25, 0.3) is 0 Å². The maximum Gasteiger partial charge on any atom is 0.234 e. The SMILES string of the molecule is O=C(CNCC1CCCC1CO)NC1CC1. The number of aliphatic hydroxyl groups is 1. The van der Waals surface area contributed by atoms with Crippen LogP contribution in [0, 0.1) is 11.8 Å². The van der Waals surface area contributed by atoms with Crippen LogP contribution in [0.2, 0.25) is 0 Å². The Morgan fingerprint density at radius 2 is 1.94 bits per heavy atom. The van der Waals surface area contributed by atoms with Crippen molar-refractivity contribution in [3.8, 4) is 0 Å². The van der Waals surface area contributed by atoms with Gasteiger partial charge >= 0.3 is 0 Å².